The van der Waals surface area contributed by atoms with Crippen molar-refractivity contribution in [3.8, 4) is 0 Å². The molecule has 1 aromatic carbocycles. The highest BCUT2D eigenvalue weighted by atomic mass is 79.9. The van der Waals surface area contributed by atoms with Gasteiger partial charge in [-0.1, -0.05) is 33.6 Å². The van der Waals surface area contributed by atoms with E-state index in [1.165, 1.54) is 23.1 Å². The number of rotatable bonds is 6. The third kappa shape index (κ3) is 4.72. The highest BCUT2D eigenvalue weighted by Crippen LogP contribution is 2.30. The lowest BCUT2D eigenvalue weighted by Gasteiger charge is -2.21. The van der Waals surface area contributed by atoms with Crippen molar-refractivity contribution in [1.29, 1.82) is 0 Å². The average molecular weight is 457 g/mol. The molecule has 2 aromatic rings. The van der Waals surface area contributed by atoms with Crippen molar-refractivity contribution in [2.24, 2.45) is 4.99 Å². The summed E-state index contributed by atoms with van der Waals surface area (Å²) < 4.78 is 19.6. The third-order valence-corrected chi connectivity index (χ3v) is 4.61. The smallest absolute Gasteiger partial charge is 0.327 e. The van der Waals surface area contributed by atoms with Gasteiger partial charge in [-0.25, -0.2) is 14.1 Å². The van der Waals surface area contributed by atoms with Crippen molar-refractivity contribution in [1.82, 2.24) is 20.1 Å². The summed E-state index contributed by atoms with van der Waals surface area (Å²) in [5.41, 5.74) is 1.51. The molecule has 27 heavy (non-hydrogen) atoms. The van der Waals surface area contributed by atoms with Gasteiger partial charge in [-0.15, -0.1) is 5.10 Å². The molecule has 0 amide bonds. The number of aromatic nitrogens is 3. The first-order valence-corrected chi connectivity index (χ1v) is 9.62. The fraction of sp³-hybridized carbons (Fsp3) is 0.294. The number of nitrogens with one attached hydrogen (secondary N) is 1. The van der Waals surface area contributed by atoms with E-state index >= 15 is 0 Å². The summed E-state index contributed by atoms with van der Waals surface area (Å²) in [6.07, 6.45) is 3.31. The van der Waals surface area contributed by atoms with E-state index in [0.29, 0.717) is 29.2 Å². The van der Waals surface area contributed by atoms with Crippen LogP contribution in [0.1, 0.15) is 24.4 Å². The molecule has 0 aliphatic carbocycles. The summed E-state index contributed by atoms with van der Waals surface area (Å²) in [7, 11) is 0. The molecule has 1 atom stereocenters. The molecule has 7 nitrogen and oxygen atoms in total. The molecule has 0 saturated carbocycles. The van der Waals surface area contributed by atoms with Gasteiger partial charge in [0.1, 0.15) is 18.7 Å². The Bertz CT molecular complexity index is 914. The first kappa shape index (κ1) is 19.5. The Balaban J connectivity index is 1.87. The summed E-state index contributed by atoms with van der Waals surface area (Å²) in [6, 6.07) is 3.78. The second kappa shape index (κ2) is 8.62. The molecular formula is C17H16BrClFN5O2. The minimum absolute atomic E-state index is 0.0392. The maximum Gasteiger partial charge on any atom is 0.327 e. The Morgan fingerprint density at radius 1 is 1.48 bits per heavy atom. The summed E-state index contributed by atoms with van der Waals surface area (Å²) in [6.45, 7) is 2.00. The van der Waals surface area contributed by atoms with Gasteiger partial charge in [0.2, 0.25) is 5.82 Å². The van der Waals surface area contributed by atoms with Gasteiger partial charge < -0.3 is 10.1 Å². The molecule has 1 aliphatic heterocycles. The molecule has 1 aliphatic rings. The van der Waals surface area contributed by atoms with Crippen LogP contribution in [0.2, 0.25) is 5.02 Å². The van der Waals surface area contributed by atoms with Gasteiger partial charge in [0.05, 0.1) is 12.6 Å². The van der Waals surface area contributed by atoms with E-state index in [2.05, 4.69) is 36.3 Å². The Morgan fingerprint density at radius 2 is 2.30 bits per heavy atom. The number of carbonyl (C=O) groups excluding carboxylic acids is 1. The van der Waals surface area contributed by atoms with Crippen LogP contribution in [-0.2, 0) is 16.1 Å². The Kier molecular flexibility index (Phi) is 6.22. The van der Waals surface area contributed by atoms with Crippen molar-refractivity contribution < 1.29 is 13.9 Å². The van der Waals surface area contributed by atoms with E-state index in [0.717, 1.165) is 5.70 Å². The number of ether oxygens (including phenoxy) is 1. The van der Waals surface area contributed by atoms with E-state index in [-0.39, 0.29) is 11.6 Å². The van der Waals surface area contributed by atoms with Gasteiger partial charge in [-0.3, -0.25) is 9.79 Å². The number of esters is 1. The SMILES string of the molecule is CCOC(=O)Cn1cnc(C2=NC(c3ccc(F)cc3Cl)C=C(CBr)N2)n1. The lowest BCUT2D eigenvalue weighted by Crippen LogP contribution is -2.30. The van der Waals surface area contributed by atoms with E-state index in [1.54, 1.807) is 13.0 Å². The number of hydrogen-bond donors (Lipinski definition) is 1. The van der Waals surface area contributed by atoms with E-state index in [1.807, 2.05) is 6.08 Å². The molecular weight excluding hydrogens is 441 g/mol. The van der Waals surface area contributed by atoms with Crippen LogP contribution in [0, 0.1) is 5.82 Å². The molecule has 0 spiro atoms. The third-order valence-electron chi connectivity index (χ3n) is 3.68. The number of carbonyl (C=O) groups is 1. The fourth-order valence-corrected chi connectivity index (χ4v) is 3.11. The number of alkyl halides is 1. The second-order valence-electron chi connectivity index (χ2n) is 5.61. The lowest BCUT2D eigenvalue weighted by molar-refractivity contribution is -0.144. The molecule has 142 valence electrons. The molecule has 1 unspecified atom stereocenters. The number of allylic oxidation sites excluding steroid dienone is 1. The van der Waals surface area contributed by atoms with Crippen molar-refractivity contribution >= 4 is 39.3 Å². The normalized spacial score (nSPS) is 16.4. The van der Waals surface area contributed by atoms with Gasteiger partial charge >= 0.3 is 5.97 Å². The topological polar surface area (TPSA) is 81.4 Å². The van der Waals surface area contributed by atoms with E-state index in [9.17, 15) is 9.18 Å². The minimum atomic E-state index is -0.418. The number of nitrogens with zero attached hydrogens (tertiary/aromatic N) is 4. The van der Waals surface area contributed by atoms with Gasteiger partial charge in [0.15, 0.2) is 5.84 Å². The van der Waals surface area contributed by atoms with Crippen LogP contribution in [0.25, 0.3) is 0 Å². The number of aliphatic imine (C=N–C) groups is 1. The molecule has 1 N–H and O–H groups in total. The average Bonchev–Trinajstić information content (AvgIpc) is 3.10. The highest BCUT2D eigenvalue weighted by Gasteiger charge is 2.22. The highest BCUT2D eigenvalue weighted by molar-refractivity contribution is 9.09. The van der Waals surface area contributed by atoms with Crippen molar-refractivity contribution in [3.63, 3.8) is 0 Å². The van der Waals surface area contributed by atoms with Crippen LogP contribution in [0.3, 0.4) is 0 Å². The molecule has 1 aromatic heterocycles. The number of halogens is 3. The number of amidine groups is 1. The zero-order chi connectivity index (χ0) is 19.4. The predicted octanol–water partition coefficient (Wildman–Crippen LogP) is 3.00. The second-order valence-corrected chi connectivity index (χ2v) is 6.58. The lowest BCUT2D eigenvalue weighted by atomic mass is 10.0. The standard InChI is InChI=1S/C17H16BrClFN5O2/c1-2-27-15(26)8-25-9-21-16(24-25)17-22-11(7-18)6-14(23-17)12-4-3-10(20)5-13(12)19/h3-6,9,14H,2,7-8H2,1H3,(H,22,23). The molecule has 0 fully saturated rings. The number of hydrogen-bond acceptors (Lipinski definition) is 6. The van der Waals surface area contributed by atoms with E-state index < -0.39 is 17.8 Å². The van der Waals surface area contributed by atoms with Crippen LogP contribution >= 0.6 is 27.5 Å². The zero-order valence-electron chi connectivity index (χ0n) is 14.3. The van der Waals surface area contributed by atoms with Crippen LogP contribution < -0.4 is 5.32 Å². The Morgan fingerprint density at radius 3 is 3.00 bits per heavy atom. The maximum absolute atomic E-state index is 13.3. The van der Waals surface area contributed by atoms with Gasteiger partial charge in [-0.2, -0.15) is 0 Å². The summed E-state index contributed by atoms with van der Waals surface area (Å²) in [5.74, 6) is -0.0514. The van der Waals surface area contributed by atoms with Crippen LogP contribution in [0.15, 0.2) is 41.3 Å². The van der Waals surface area contributed by atoms with Crippen molar-refractivity contribution in [3.05, 3.63) is 58.5 Å². The van der Waals surface area contributed by atoms with Crippen molar-refractivity contribution in [2.75, 3.05) is 11.9 Å². The molecule has 3 rings (SSSR count). The molecule has 0 bridgehead atoms. The quantitative estimate of drug-likeness (QED) is 0.534. The van der Waals surface area contributed by atoms with Crippen LogP contribution in [0.5, 0.6) is 0 Å². The summed E-state index contributed by atoms with van der Waals surface area (Å²) in [5, 5.41) is 8.23. The minimum Gasteiger partial charge on any atom is -0.465 e. The summed E-state index contributed by atoms with van der Waals surface area (Å²) in [4.78, 5) is 20.4. The fourth-order valence-electron chi connectivity index (χ4n) is 2.50. The van der Waals surface area contributed by atoms with Gasteiger partial charge in [0, 0.05) is 16.0 Å². The largest absolute Gasteiger partial charge is 0.465 e. The van der Waals surface area contributed by atoms with Gasteiger partial charge in [-0.05, 0) is 30.7 Å². The van der Waals surface area contributed by atoms with Crippen LogP contribution in [0.4, 0.5) is 4.39 Å². The van der Waals surface area contributed by atoms with Gasteiger partial charge in [0.25, 0.3) is 0 Å². The number of benzene rings is 1. The molecule has 10 heteroatoms. The molecule has 2 heterocycles. The van der Waals surface area contributed by atoms with Crippen LogP contribution in [-0.4, -0.2) is 38.5 Å². The first-order chi connectivity index (χ1) is 13.0. The Hall–Kier alpha value is -2.26. The summed E-state index contributed by atoms with van der Waals surface area (Å²) >= 11 is 9.59. The van der Waals surface area contributed by atoms with Crippen molar-refractivity contribution in [2.45, 2.75) is 19.5 Å². The monoisotopic (exact) mass is 455 g/mol. The first-order valence-electron chi connectivity index (χ1n) is 8.12. The zero-order valence-corrected chi connectivity index (χ0v) is 16.7. The molecule has 0 radical (unpaired) electrons. The maximum atomic E-state index is 13.3. The predicted molar refractivity (Wildman–Crippen MR) is 102 cm³/mol. The Labute approximate surface area is 168 Å². The molecule has 0 saturated heterocycles. The van der Waals surface area contributed by atoms with E-state index in [4.69, 9.17) is 16.3 Å².